The van der Waals surface area contributed by atoms with E-state index in [0.29, 0.717) is 18.7 Å². The van der Waals surface area contributed by atoms with E-state index in [1.807, 2.05) is 31.2 Å². The second kappa shape index (κ2) is 9.21. The van der Waals surface area contributed by atoms with Gasteiger partial charge in [0, 0.05) is 6.54 Å². The summed E-state index contributed by atoms with van der Waals surface area (Å²) >= 11 is 0. The summed E-state index contributed by atoms with van der Waals surface area (Å²) in [5, 5.41) is 0. The number of rotatable bonds is 7. The maximum absolute atomic E-state index is 12.9. The van der Waals surface area contributed by atoms with Crippen LogP contribution < -0.4 is 4.74 Å². The summed E-state index contributed by atoms with van der Waals surface area (Å²) in [6, 6.07) is 15.0. The Hall–Kier alpha value is -2.38. The van der Waals surface area contributed by atoms with E-state index < -0.39 is 22.0 Å². The highest BCUT2D eigenvalue weighted by Crippen LogP contribution is 2.26. The van der Waals surface area contributed by atoms with Crippen LogP contribution in [-0.4, -0.2) is 44.5 Å². The molecule has 7 heteroatoms. The molecular weight excluding hydrogens is 378 g/mol. The van der Waals surface area contributed by atoms with Crippen LogP contribution in [0.15, 0.2) is 59.5 Å². The van der Waals surface area contributed by atoms with Gasteiger partial charge in [0.2, 0.25) is 10.0 Å². The van der Waals surface area contributed by atoms with Crippen LogP contribution in [0.5, 0.6) is 5.75 Å². The normalized spacial score (nSPS) is 17.8. The molecule has 0 amide bonds. The highest BCUT2D eigenvalue weighted by Gasteiger charge is 2.38. The molecular formula is C21H25NO5S. The summed E-state index contributed by atoms with van der Waals surface area (Å²) in [6.45, 7) is 2.59. The van der Waals surface area contributed by atoms with Crippen molar-refractivity contribution in [3.05, 3.63) is 60.2 Å². The summed E-state index contributed by atoms with van der Waals surface area (Å²) in [5.74, 6) is 0.180. The van der Waals surface area contributed by atoms with Gasteiger partial charge in [-0.2, -0.15) is 4.31 Å². The summed E-state index contributed by atoms with van der Waals surface area (Å²) in [7, 11) is -3.73. The van der Waals surface area contributed by atoms with Gasteiger partial charge in [-0.25, -0.2) is 8.42 Å². The van der Waals surface area contributed by atoms with Crippen LogP contribution in [0.1, 0.15) is 24.8 Å². The number of ether oxygens (including phenoxy) is 2. The zero-order chi connectivity index (χ0) is 20.0. The van der Waals surface area contributed by atoms with Gasteiger partial charge < -0.3 is 9.47 Å². The molecule has 1 atom stereocenters. The molecule has 0 radical (unpaired) electrons. The Morgan fingerprint density at radius 1 is 1.04 bits per heavy atom. The number of carbonyl (C=O) groups excluding carboxylic acids is 1. The Bertz CT molecular complexity index is 881. The Morgan fingerprint density at radius 2 is 1.75 bits per heavy atom. The summed E-state index contributed by atoms with van der Waals surface area (Å²) in [5.41, 5.74) is 1.13. The zero-order valence-corrected chi connectivity index (χ0v) is 16.7. The molecule has 0 aliphatic carbocycles. The van der Waals surface area contributed by atoms with E-state index >= 15 is 0 Å². The van der Waals surface area contributed by atoms with E-state index in [4.69, 9.17) is 9.47 Å². The molecule has 2 aromatic carbocycles. The molecule has 3 rings (SSSR count). The Kier molecular flexibility index (Phi) is 6.70. The summed E-state index contributed by atoms with van der Waals surface area (Å²) in [6.07, 6.45) is 1.98. The first kappa shape index (κ1) is 20.4. The van der Waals surface area contributed by atoms with Crippen molar-refractivity contribution in [2.75, 3.05) is 19.8 Å². The molecule has 1 saturated heterocycles. The number of benzene rings is 2. The lowest BCUT2D eigenvalue weighted by atomic mass is 10.1. The summed E-state index contributed by atoms with van der Waals surface area (Å²) in [4.78, 5) is 12.8. The third kappa shape index (κ3) is 4.91. The van der Waals surface area contributed by atoms with Crippen LogP contribution in [0.25, 0.3) is 0 Å². The SMILES string of the molecule is Cc1ccc(OCCOC(=O)C2CCCCN2S(=O)(=O)c2ccccc2)cc1. The minimum atomic E-state index is -3.73. The molecule has 6 nitrogen and oxygen atoms in total. The predicted octanol–water partition coefficient (Wildman–Crippen LogP) is 3.16. The number of aryl methyl sites for hydroxylation is 1. The zero-order valence-electron chi connectivity index (χ0n) is 15.9. The standard InChI is InChI=1S/C21H25NO5S/c1-17-10-12-18(13-11-17)26-15-16-27-21(23)20-9-5-6-14-22(20)28(24,25)19-7-3-2-4-8-19/h2-4,7-8,10-13,20H,5-6,9,14-16H2,1H3. The number of nitrogens with zero attached hydrogens (tertiary/aromatic N) is 1. The third-order valence-electron chi connectivity index (χ3n) is 4.69. The van der Waals surface area contributed by atoms with Crippen molar-refractivity contribution >= 4 is 16.0 Å². The van der Waals surface area contributed by atoms with Gasteiger partial charge in [-0.3, -0.25) is 4.79 Å². The lowest BCUT2D eigenvalue weighted by molar-refractivity contribution is -0.149. The second-order valence-electron chi connectivity index (χ2n) is 6.77. The summed E-state index contributed by atoms with van der Waals surface area (Å²) < 4.78 is 38.0. The van der Waals surface area contributed by atoms with Crippen LogP contribution in [-0.2, 0) is 19.6 Å². The molecule has 1 aliphatic heterocycles. The largest absolute Gasteiger partial charge is 0.490 e. The van der Waals surface area contributed by atoms with Gasteiger partial charge in [0.1, 0.15) is 25.0 Å². The minimum absolute atomic E-state index is 0.0719. The number of carbonyl (C=O) groups is 1. The molecule has 0 bridgehead atoms. The Labute approximate surface area is 166 Å². The fraction of sp³-hybridized carbons (Fsp3) is 0.381. The third-order valence-corrected chi connectivity index (χ3v) is 6.62. The van der Waals surface area contributed by atoms with Gasteiger partial charge in [-0.05, 0) is 50.5 Å². The Balaban J connectivity index is 1.58. The maximum atomic E-state index is 12.9. The van der Waals surface area contributed by atoms with Crippen molar-refractivity contribution < 1.29 is 22.7 Å². The minimum Gasteiger partial charge on any atom is -0.490 e. The lowest BCUT2D eigenvalue weighted by Gasteiger charge is -2.33. The molecule has 0 saturated carbocycles. The van der Waals surface area contributed by atoms with E-state index in [2.05, 4.69) is 0 Å². The molecule has 1 heterocycles. The molecule has 0 N–H and O–H groups in total. The van der Waals surface area contributed by atoms with Gasteiger partial charge in [0.15, 0.2) is 0 Å². The van der Waals surface area contributed by atoms with Gasteiger partial charge in [-0.1, -0.05) is 35.9 Å². The molecule has 0 spiro atoms. The number of esters is 1. The van der Waals surface area contributed by atoms with Crippen LogP contribution in [0.3, 0.4) is 0 Å². The molecule has 1 aliphatic rings. The van der Waals surface area contributed by atoms with E-state index in [-0.39, 0.29) is 18.1 Å². The van der Waals surface area contributed by atoms with Crippen LogP contribution in [0, 0.1) is 6.92 Å². The first-order valence-electron chi connectivity index (χ1n) is 9.41. The van der Waals surface area contributed by atoms with Crippen molar-refractivity contribution in [3.8, 4) is 5.75 Å². The quantitative estimate of drug-likeness (QED) is 0.524. The molecule has 150 valence electrons. The monoisotopic (exact) mass is 403 g/mol. The molecule has 2 aromatic rings. The topological polar surface area (TPSA) is 72.9 Å². The van der Waals surface area contributed by atoms with E-state index in [9.17, 15) is 13.2 Å². The average Bonchev–Trinajstić information content (AvgIpc) is 2.73. The van der Waals surface area contributed by atoms with Gasteiger partial charge in [0.25, 0.3) is 0 Å². The van der Waals surface area contributed by atoms with E-state index in [1.165, 1.54) is 4.31 Å². The van der Waals surface area contributed by atoms with Gasteiger partial charge in [0.05, 0.1) is 4.90 Å². The fourth-order valence-electron chi connectivity index (χ4n) is 3.19. The van der Waals surface area contributed by atoms with Gasteiger partial charge >= 0.3 is 5.97 Å². The Morgan fingerprint density at radius 3 is 2.46 bits per heavy atom. The van der Waals surface area contributed by atoms with Crippen molar-refractivity contribution in [3.63, 3.8) is 0 Å². The smallest absolute Gasteiger partial charge is 0.324 e. The van der Waals surface area contributed by atoms with Crippen molar-refractivity contribution in [2.24, 2.45) is 0 Å². The molecule has 1 unspecified atom stereocenters. The highest BCUT2D eigenvalue weighted by atomic mass is 32.2. The first-order chi connectivity index (χ1) is 13.5. The number of hydrogen-bond donors (Lipinski definition) is 0. The van der Waals surface area contributed by atoms with Crippen molar-refractivity contribution in [1.82, 2.24) is 4.31 Å². The lowest BCUT2D eigenvalue weighted by Crippen LogP contribution is -2.48. The van der Waals surface area contributed by atoms with E-state index in [1.54, 1.807) is 30.3 Å². The predicted molar refractivity (Wildman–Crippen MR) is 106 cm³/mol. The van der Waals surface area contributed by atoms with Crippen LogP contribution in [0.2, 0.25) is 0 Å². The number of hydrogen-bond acceptors (Lipinski definition) is 5. The number of sulfonamides is 1. The number of piperidine rings is 1. The van der Waals surface area contributed by atoms with Crippen LogP contribution in [0.4, 0.5) is 0 Å². The van der Waals surface area contributed by atoms with Crippen molar-refractivity contribution in [1.29, 1.82) is 0 Å². The van der Waals surface area contributed by atoms with E-state index in [0.717, 1.165) is 18.4 Å². The van der Waals surface area contributed by atoms with Gasteiger partial charge in [-0.15, -0.1) is 0 Å². The molecule has 1 fully saturated rings. The van der Waals surface area contributed by atoms with Crippen LogP contribution >= 0.6 is 0 Å². The van der Waals surface area contributed by atoms with Crippen molar-refractivity contribution in [2.45, 2.75) is 37.1 Å². The molecule has 0 aromatic heterocycles. The molecule has 28 heavy (non-hydrogen) atoms. The first-order valence-corrected chi connectivity index (χ1v) is 10.9. The average molecular weight is 404 g/mol. The second-order valence-corrected chi connectivity index (χ2v) is 8.66. The maximum Gasteiger partial charge on any atom is 0.324 e. The highest BCUT2D eigenvalue weighted by molar-refractivity contribution is 7.89. The fourth-order valence-corrected chi connectivity index (χ4v) is 4.86.